The summed E-state index contributed by atoms with van der Waals surface area (Å²) >= 11 is 0. The lowest BCUT2D eigenvalue weighted by Crippen LogP contribution is -2.47. The highest BCUT2D eigenvalue weighted by Gasteiger charge is 2.30. The number of aliphatic hydroxyl groups is 1. The highest BCUT2D eigenvalue weighted by molar-refractivity contribution is 7.90. The monoisotopic (exact) mass is 500 g/mol. The van der Waals surface area contributed by atoms with Crippen molar-refractivity contribution < 1.29 is 27.0 Å². The van der Waals surface area contributed by atoms with Crippen LogP contribution in [0.25, 0.3) is 0 Å². The molecule has 0 saturated heterocycles. The molecular weight excluding hydrogens is 468 g/mol. The van der Waals surface area contributed by atoms with E-state index in [-0.39, 0.29) is 29.6 Å². The van der Waals surface area contributed by atoms with Gasteiger partial charge in [-0.25, -0.2) is 13.1 Å². The first-order valence-corrected chi connectivity index (χ1v) is 13.3. The van der Waals surface area contributed by atoms with Crippen molar-refractivity contribution in [1.82, 2.24) is 9.03 Å². The molecule has 6 N–H and O–H groups in total. The number of anilines is 1. The summed E-state index contributed by atoms with van der Waals surface area (Å²) in [4.78, 5) is -0.237. The molecule has 0 aliphatic heterocycles. The van der Waals surface area contributed by atoms with Crippen LogP contribution in [0, 0.1) is 5.92 Å². The van der Waals surface area contributed by atoms with Crippen molar-refractivity contribution >= 4 is 25.9 Å². The van der Waals surface area contributed by atoms with Gasteiger partial charge in [-0.3, -0.25) is 4.72 Å². The number of aliphatic hydroxyl groups excluding tert-OH is 1. The van der Waals surface area contributed by atoms with Gasteiger partial charge in [0.15, 0.2) is 0 Å². The minimum absolute atomic E-state index is 0.0586. The minimum atomic E-state index is -4.15. The van der Waals surface area contributed by atoms with Gasteiger partial charge in [0.05, 0.1) is 16.7 Å². The first kappa shape index (κ1) is 27.0. The standard InChI is InChI=1S/C21H32N4O6S2/c1-15(2)13-25(14-21(27)18(22)11-16-7-5-4-6-8-16)32(28,29)17-9-10-20(26)19(12-17)24-33(30,31)23-3/h4-10,12,15,18,21,23-24,26-27H,11,13-14,22H2,1-3H3/t18-,21+/m0/s1. The number of phenols is 1. The summed E-state index contributed by atoms with van der Waals surface area (Å²) in [6.07, 6.45) is -0.773. The van der Waals surface area contributed by atoms with Gasteiger partial charge >= 0.3 is 0 Å². The average molecular weight is 501 g/mol. The maximum atomic E-state index is 13.4. The second-order valence-electron chi connectivity index (χ2n) is 8.13. The molecular formula is C21H32N4O6S2. The molecule has 33 heavy (non-hydrogen) atoms. The zero-order valence-electron chi connectivity index (χ0n) is 18.8. The number of nitrogens with one attached hydrogen (secondary N) is 2. The van der Waals surface area contributed by atoms with Gasteiger partial charge in [-0.05, 0) is 36.1 Å². The molecule has 0 aliphatic rings. The highest BCUT2D eigenvalue weighted by Crippen LogP contribution is 2.29. The summed E-state index contributed by atoms with van der Waals surface area (Å²) in [5, 5.41) is 20.7. The third-order valence-corrected chi connectivity index (χ3v) is 7.74. The number of rotatable bonds is 12. The van der Waals surface area contributed by atoms with E-state index in [2.05, 4.69) is 4.72 Å². The molecule has 184 valence electrons. The number of sulfonamides is 1. The van der Waals surface area contributed by atoms with E-state index in [4.69, 9.17) is 5.73 Å². The Morgan fingerprint density at radius 3 is 2.24 bits per heavy atom. The van der Waals surface area contributed by atoms with Gasteiger partial charge in [-0.1, -0.05) is 44.2 Å². The van der Waals surface area contributed by atoms with Crippen LogP contribution in [-0.4, -0.2) is 63.6 Å². The number of phenolic OH excluding ortho intramolecular Hbond substituents is 1. The smallest absolute Gasteiger partial charge is 0.298 e. The molecule has 0 fully saturated rings. The van der Waals surface area contributed by atoms with E-state index in [0.717, 1.165) is 22.0 Å². The normalized spacial score (nSPS) is 14.4. The molecule has 0 aromatic heterocycles. The molecule has 0 heterocycles. The van der Waals surface area contributed by atoms with Crippen molar-refractivity contribution in [3.63, 3.8) is 0 Å². The Morgan fingerprint density at radius 1 is 1.03 bits per heavy atom. The molecule has 0 bridgehead atoms. The van der Waals surface area contributed by atoms with Crippen LogP contribution in [0.3, 0.4) is 0 Å². The van der Waals surface area contributed by atoms with Gasteiger partial charge in [0.25, 0.3) is 10.2 Å². The van der Waals surface area contributed by atoms with Crippen molar-refractivity contribution in [3.05, 3.63) is 54.1 Å². The summed E-state index contributed by atoms with van der Waals surface area (Å²) in [5.41, 5.74) is 6.77. The lowest BCUT2D eigenvalue weighted by molar-refractivity contribution is 0.116. The van der Waals surface area contributed by atoms with E-state index in [0.29, 0.717) is 6.42 Å². The zero-order valence-corrected chi connectivity index (χ0v) is 20.5. The van der Waals surface area contributed by atoms with E-state index in [1.807, 2.05) is 48.9 Å². The summed E-state index contributed by atoms with van der Waals surface area (Å²) in [5.74, 6) is -0.496. The first-order valence-electron chi connectivity index (χ1n) is 10.4. The summed E-state index contributed by atoms with van der Waals surface area (Å²) < 4.78 is 55.6. The molecule has 2 atom stereocenters. The number of aromatic hydroxyl groups is 1. The van der Waals surface area contributed by atoms with Crippen LogP contribution in [0.1, 0.15) is 19.4 Å². The topological polar surface area (TPSA) is 162 Å². The van der Waals surface area contributed by atoms with E-state index < -0.39 is 38.1 Å². The number of nitrogens with two attached hydrogens (primary N) is 1. The fourth-order valence-electron chi connectivity index (χ4n) is 3.15. The Bertz CT molecular complexity index is 1120. The van der Waals surface area contributed by atoms with Crippen molar-refractivity contribution in [2.75, 3.05) is 24.9 Å². The van der Waals surface area contributed by atoms with Crippen LogP contribution in [0.15, 0.2) is 53.4 Å². The SMILES string of the molecule is CNS(=O)(=O)Nc1cc(S(=O)(=O)N(CC(C)C)C[C@@H](O)[C@@H](N)Cc2ccccc2)ccc1O. The van der Waals surface area contributed by atoms with Crippen molar-refractivity contribution in [2.45, 2.75) is 37.3 Å². The highest BCUT2D eigenvalue weighted by atomic mass is 32.2. The third kappa shape index (κ3) is 7.66. The van der Waals surface area contributed by atoms with Crippen molar-refractivity contribution in [2.24, 2.45) is 11.7 Å². The molecule has 0 unspecified atom stereocenters. The predicted molar refractivity (Wildman–Crippen MR) is 127 cm³/mol. The van der Waals surface area contributed by atoms with Crippen LogP contribution < -0.4 is 15.2 Å². The predicted octanol–water partition coefficient (Wildman–Crippen LogP) is 0.846. The van der Waals surface area contributed by atoms with E-state index in [1.54, 1.807) is 0 Å². The Labute approximate surface area is 195 Å². The fraction of sp³-hybridized carbons (Fsp3) is 0.429. The lowest BCUT2D eigenvalue weighted by atomic mass is 10.0. The minimum Gasteiger partial charge on any atom is -0.506 e. The van der Waals surface area contributed by atoms with Gasteiger partial charge in [0, 0.05) is 26.2 Å². The molecule has 12 heteroatoms. The van der Waals surface area contributed by atoms with Crippen LogP contribution in [0.4, 0.5) is 5.69 Å². The second-order valence-corrected chi connectivity index (χ2v) is 11.7. The first-order chi connectivity index (χ1) is 15.4. The molecule has 0 saturated carbocycles. The average Bonchev–Trinajstić information content (AvgIpc) is 2.74. The third-order valence-electron chi connectivity index (χ3n) is 4.89. The van der Waals surface area contributed by atoms with Crippen molar-refractivity contribution in [3.8, 4) is 5.75 Å². The number of hydrogen-bond acceptors (Lipinski definition) is 7. The molecule has 2 rings (SSSR count). The van der Waals surface area contributed by atoms with Crippen molar-refractivity contribution in [1.29, 1.82) is 0 Å². The Hall–Kier alpha value is -2.22. The molecule has 10 nitrogen and oxygen atoms in total. The second kappa shape index (κ2) is 11.3. The summed E-state index contributed by atoms with van der Waals surface area (Å²) in [7, 11) is -6.96. The fourth-order valence-corrected chi connectivity index (χ4v) is 5.35. The Morgan fingerprint density at radius 2 is 1.67 bits per heavy atom. The van der Waals surface area contributed by atoms with Gasteiger partial charge in [-0.2, -0.15) is 12.7 Å². The lowest BCUT2D eigenvalue weighted by Gasteiger charge is -2.29. The van der Waals surface area contributed by atoms with Crippen LogP contribution >= 0.6 is 0 Å². The number of nitrogens with zero attached hydrogens (tertiary/aromatic N) is 1. The number of benzene rings is 2. The molecule has 0 aliphatic carbocycles. The summed E-state index contributed by atoms with van der Waals surface area (Å²) in [6, 6.07) is 11.9. The zero-order chi connectivity index (χ0) is 24.8. The maximum absolute atomic E-state index is 13.4. The maximum Gasteiger partial charge on any atom is 0.298 e. The van der Waals surface area contributed by atoms with Crippen LogP contribution in [-0.2, 0) is 26.7 Å². The molecule has 0 spiro atoms. The molecule has 2 aromatic carbocycles. The van der Waals surface area contributed by atoms with Gasteiger partial charge in [0.2, 0.25) is 10.0 Å². The Balaban J connectivity index is 2.30. The number of hydrogen-bond donors (Lipinski definition) is 5. The van der Waals surface area contributed by atoms with Gasteiger partial charge < -0.3 is 15.9 Å². The van der Waals surface area contributed by atoms with Gasteiger partial charge in [0.1, 0.15) is 5.75 Å². The summed E-state index contributed by atoms with van der Waals surface area (Å²) in [6.45, 7) is 3.53. The molecule has 2 aromatic rings. The van der Waals surface area contributed by atoms with E-state index in [1.165, 1.54) is 13.1 Å². The van der Waals surface area contributed by atoms with Crippen LogP contribution in [0.5, 0.6) is 5.75 Å². The van der Waals surface area contributed by atoms with Crippen LogP contribution in [0.2, 0.25) is 0 Å². The Kier molecular flexibility index (Phi) is 9.23. The van der Waals surface area contributed by atoms with E-state index in [9.17, 15) is 27.0 Å². The largest absolute Gasteiger partial charge is 0.506 e. The van der Waals surface area contributed by atoms with E-state index >= 15 is 0 Å². The molecule has 0 radical (unpaired) electrons. The quantitative estimate of drug-likeness (QED) is 0.270. The molecule has 0 amide bonds. The van der Waals surface area contributed by atoms with Gasteiger partial charge in [-0.15, -0.1) is 0 Å².